The Bertz CT molecular complexity index is 973. The Kier molecular flexibility index (Phi) is 3.47. The van der Waals surface area contributed by atoms with Crippen LogP contribution in [0.15, 0.2) is 61.3 Å². The van der Waals surface area contributed by atoms with E-state index in [1.165, 1.54) is 6.33 Å². The van der Waals surface area contributed by atoms with E-state index in [0.717, 1.165) is 11.3 Å². The van der Waals surface area contributed by atoms with Gasteiger partial charge in [-0.3, -0.25) is 9.20 Å². The lowest BCUT2D eigenvalue weighted by molar-refractivity contribution is 0.0950. The molecule has 118 valence electrons. The fourth-order valence-electron chi connectivity index (χ4n) is 2.38. The van der Waals surface area contributed by atoms with Crippen molar-refractivity contribution >= 4 is 11.6 Å². The number of pyridine rings is 1. The number of carbonyl (C=O) groups is 1. The van der Waals surface area contributed by atoms with Crippen LogP contribution in [-0.4, -0.2) is 35.3 Å². The van der Waals surface area contributed by atoms with Gasteiger partial charge in [0.2, 0.25) is 0 Å². The lowest BCUT2D eigenvalue weighted by Gasteiger charge is -2.05. The number of hydrogen-bond acceptors (Lipinski definition) is 5. The smallest absolute Gasteiger partial charge is 0.251 e. The van der Waals surface area contributed by atoms with Gasteiger partial charge in [-0.25, -0.2) is 9.67 Å². The molecule has 0 saturated carbocycles. The molecule has 0 bridgehead atoms. The van der Waals surface area contributed by atoms with E-state index in [1.54, 1.807) is 23.1 Å². The number of nitrogens with one attached hydrogen (secondary N) is 1. The van der Waals surface area contributed by atoms with Crippen LogP contribution in [0.5, 0.6) is 0 Å². The molecule has 0 aliphatic heterocycles. The first-order valence-corrected chi connectivity index (χ1v) is 7.33. The zero-order valence-corrected chi connectivity index (χ0v) is 12.6. The van der Waals surface area contributed by atoms with Crippen molar-refractivity contribution in [3.8, 4) is 5.69 Å². The standard InChI is InChI=1S/C16H13N7O/c24-16(12-4-6-13(7-5-12)23-11-17-10-19-23)18-9-15-21-20-14-3-1-2-8-22(14)15/h1-8,10-11H,9H2,(H,18,24). The minimum absolute atomic E-state index is 0.173. The fraction of sp³-hybridized carbons (Fsp3) is 0.0625. The molecule has 0 atom stereocenters. The van der Waals surface area contributed by atoms with Crippen LogP contribution >= 0.6 is 0 Å². The van der Waals surface area contributed by atoms with Crippen molar-refractivity contribution in [1.82, 2.24) is 34.7 Å². The molecule has 0 aliphatic rings. The van der Waals surface area contributed by atoms with Gasteiger partial charge in [-0.1, -0.05) is 6.07 Å². The van der Waals surface area contributed by atoms with E-state index in [2.05, 4.69) is 25.6 Å². The van der Waals surface area contributed by atoms with Crippen molar-refractivity contribution in [3.63, 3.8) is 0 Å². The van der Waals surface area contributed by atoms with Crippen molar-refractivity contribution in [3.05, 3.63) is 72.7 Å². The predicted octanol–water partition coefficient (Wildman–Crippen LogP) is 1.24. The Labute approximate surface area is 136 Å². The summed E-state index contributed by atoms with van der Waals surface area (Å²) in [5.74, 6) is 0.506. The number of fused-ring (bicyclic) bond motifs is 1. The van der Waals surface area contributed by atoms with Gasteiger partial charge in [0.15, 0.2) is 11.5 Å². The molecule has 0 aliphatic carbocycles. The largest absolute Gasteiger partial charge is 0.345 e. The van der Waals surface area contributed by atoms with Crippen LogP contribution in [0.4, 0.5) is 0 Å². The van der Waals surface area contributed by atoms with Crippen LogP contribution in [0, 0.1) is 0 Å². The summed E-state index contributed by atoms with van der Waals surface area (Å²) in [5.41, 5.74) is 2.15. The minimum atomic E-state index is -0.173. The van der Waals surface area contributed by atoms with Gasteiger partial charge in [-0.05, 0) is 36.4 Å². The van der Waals surface area contributed by atoms with Crippen molar-refractivity contribution in [1.29, 1.82) is 0 Å². The first kappa shape index (κ1) is 14.1. The highest BCUT2D eigenvalue weighted by Crippen LogP contribution is 2.08. The average Bonchev–Trinajstić information content (AvgIpc) is 3.30. The highest BCUT2D eigenvalue weighted by molar-refractivity contribution is 5.94. The molecule has 0 spiro atoms. The maximum Gasteiger partial charge on any atom is 0.251 e. The van der Waals surface area contributed by atoms with Crippen LogP contribution < -0.4 is 5.32 Å². The highest BCUT2D eigenvalue weighted by atomic mass is 16.1. The van der Waals surface area contributed by atoms with E-state index < -0.39 is 0 Å². The number of hydrogen-bond donors (Lipinski definition) is 1. The fourth-order valence-corrected chi connectivity index (χ4v) is 2.38. The monoisotopic (exact) mass is 319 g/mol. The van der Waals surface area contributed by atoms with E-state index >= 15 is 0 Å². The average molecular weight is 319 g/mol. The number of aromatic nitrogens is 6. The molecule has 1 amide bonds. The lowest BCUT2D eigenvalue weighted by atomic mass is 10.2. The number of rotatable bonds is 4. The zero-order chi connectivity index (χ0) is 16.4. The van der Waals surface area contributed by atoms with E-state index in [4.69, 9.17) is 0 Å². The Hall–Kier alpha value is -3.55. The van der Waals surface area contributed by atoms with E-state index in [0.29, 0.717) is 17.9 Å². The summed E-state index contributed by atoms with van der Waals surface area (Å²) in [7, 11) is 0. The Morgan fingerprint density at radius 2 is 1.96 bits per heavy atom. The molecule has 4 aromatic rings. The van der Waals surface area contributed by atoms with Crippen LogP contribution in [-0.2, 0) is 6.54 Å². The summed E-state index contributed by atoms with van der Waals surface area (Å²) in [6.07, 6.45) is 4.93. The molecule has 1 N–H and O–H groups in total. The van der Waals surface area contributed by atoms with Crippen LogP contribution in [0.25, 0.3) is 11.3 Å². The van der Waals surface area contributed by atoms with Gasteiger partial charge in [0.05, 0.1) is 12.2 Å². The Morgan fingerprint density at radius 3 is 2.75 bits per heavy atom. The number of carbonyl (C=O) groups excluding carboxylic acids is 1. The van der Waals surface area contributed by atoms with E-state index in [9.17, 15) is 4.79 Å². The van der Waals surface area contributed by atoms with Gasteiger partial charge in [0.1, 0.15) is 12.7 Å². The second-order valence-corrected chi connectivity index (χ2v) is 5.11. The molecule has 24 heavy (non-hydrogen) atoms. The molecule has 0 unspecified atom stereocenters. The molecule has 4 rings (SSSR count). The minimum Gasteiger partial charge on any atom is -0.345 e. The Balaban J connectivity index is 1.46. The lowest BCUT2D eigenvalue weighted by Crippen LogP contribution is -2.24. The molecular weight excluding hydrogens is 306 g/mol. The predicted molar refractivity (Wildman–Crippen MR) is 85.5 cm³/mol. The summed E-state index contributed by atoms with van der Waals surface area (Å²) in [6.45, 7) is 0.300. The molecular formula is C16H13N7O. The maximum absolute atomic E-state index is 12.3. The molecule has 1 aromatic carbocycles. The topological polar surface area (TPSA) is 90.0 Å². The number of benzene rings is 1. The zero-order valence-electron chi connectivity index (χ0n) is 12.6. The van der Waals surface area contributed by atoms with Gasteiger partial charge in [0.25, 0.3) is 5.91 Å². The summed E-state index contributed by atoms with van der Waals surface area (Å²) in [5, 5.41) is 15.0. The molecule has 0 fully saturated rings. The first-order valence-electron chi connectivity index (χ1n) is 7.33. The third-order valence-electron chi connectivity index (χ3n) is 3.60. The number of nitrogens with zero attached hydrogens (tertiary/aromatic N) is 6. The third-order valence-corrected chi connectivity index (χ3v) is 3.60. The van der Waals surface area contributed by atoms with Gasteiger partial charge in [-0.2, -0.15) is 5.10 Å². The third kappa shape index (κ3) is 2.60. The molecule has 0 saturated heterocycles. The van der Waals surface area contributed by atoms with Gasteiger partial charge < -0.3 is 5.32 Å². The van der Waals surface area contributed by atoms with Crippen molar-refractivity contribution in [2.75, 3.05) is 0 Å². The van der Waals surface area contributed by atoms with Crippen molar-refractivity contribution in [2.45, 2.75) is 6.54 Å². The summed E-state index contributed by atoms with van der Waals surface area (Å²) < 4.78 is 3.47. The van der Waals surface area contributed by atoms with Crippen LogP contribution in [0.3, 0.4) is 0 Å². The summed E-state index contributed by atoms with van der Waals surface area (Å²) in [4.78, 5) is 16.2. The number of amides is 1. The van der Waals surface area contributed by atoms with Gasteiger partial charge in [-0.15, -0.1) is 10.2 Å². The quantitative estimate of drug-likeness (QED) is 0.611. The SMILES string of the molecule is O=C(NCc1nnc2ccccn12)c1ccc(-n2cncn2)cc1. The highest BCUT2D eigenvalue weighted by Gasteiger charge is 2.09. The second kappa shape index (κ2) is 5.92. The molecule has 8 nitrogen and oxygen atoms in total. The molecule has 8 heteroatoms. The van der Waals surface area contributed by atoms with E-state index in [-0.39, 0.29) is 5.91 Å². The van der Waals surface area contributed by atoms with Crippen molar-refractivity contribution < 1.29 is 4.79 Å². The van der Waals surface area contributed by atoms with Crippen molar-refractivity contribution in [2.24, 2.45) is 0 Å². The Morgan fingerprint density at radius 1 is 1.08 bits per heavy atom. The molecule has 3 heterocycles. The van der Waals surface area contributed by atoms with Gasteiger partial charge in [0, 0.05) is 11.8 Å². The summed E-state index contributed by atoms with van der Waals surface area (Å²) >= 11 is 0. The molecule has 3 aromatic heterocycles. The summed E-state index contributed by atoms with van der Waals surface area (Å²) in [6, 6.07) is 12.8. The second-order valence-electron chi connectivity index (χ2n) is 5.11. The molecule has 0 radical (unpaired) electrons. The van der Waals surface area contributed by atoms with Gasteiger partial charge >= 0.3 is 0 Å². The van der Waals surface area contributed by atoms with E-state index in [1.807, 2.05) is 40.9 Å². The first-order chi connectivity index (χ1) is 11.8. The van der Waals surface area contributed by atoms with Crippen LogP contribution in [0.2, 0.25) is 0 Å². The normalized spacial score (nSPS) is 10.8. The van der Waals surface area contributed by atoms with Crippen LogP contribution in [0.1, 0.15) is 16.2 Å². The maximum atomic E-state index is 12.3.